The van der Waals surface area contributed by atoms with Gasteiger partial charge < -0.3 is 19.3 Å². The third kappa shape index (κ3) is 2.49. The maximum absolute atomic E-state index is 10.9. The minimum atomic E-state index is -0.983. The molecule has 1 saturated heterocycles. The van der Waals surface area contributed by atoms with Crippen LogP contribution in [0.1, 0.15) is 19.3 Å². The van der Waals surface area contributed by atoms with Crippen molar-refractivity contribution in [3.8, 4) is 0 Å². The van der Waals surface area contributed by atoms with Crippen LogP contribution in [-0.4, -0.2) is 37.2 Å². The monoisotopic (exact) mass is 214 g/mol. The highest BCUT2D eigenvalue weighted by Crippen LogP contribution is 2.25. The summed E-state index contributed by atoms with van der Waals surface area (Å²) in [5.41, 5.74) is 0.837. The van der Waals surface area contributed by atoms with Crippen molar-refractivity contribution in [1.82, 2.24) is 0 Å². The summed E-state index contributed by atoms with van der Waals surface area (Å²) in [6.07, 6.45) is 2.24. The number of carboxylic acid groups (broad SMARTS) is 1. The van der Waals surface area contributed by atoms with Gasteiger partial charge in [0.25, 0.3) is 0 Å². The van der Waals surface area contributed by atoms with Gasteiger partial charge in [-0.25, -0.2) is 4.79 Å². The first-order valence-electron chi connectivity index (χ1n) is 5.05. The van der Waals surface area contributed by atoms with Gasteiger partial charge in [0.2, 0.25) is 5.76 Å². The highest BCUT2D eigenvalue weighted by atomic mass is 16.7. The van der Waals surface area contributed by atoms with Gasteiger partial charge in [0.05, 0.1) is 19.3 Å². The molecule has 0 spiro atoms. The summed E-state index contributed by atoms with van der Waals surface area (Å²) in [5.74, 6) is -0.875. The van der Waals surface area contributed by atoms with Crippen LogP contribution in [0.2, 0.25) is 0 Å². The molecule has 15 heavy (non-hydrogen) atoms. The molecule has 2 rings (SSSR count). The van der Waals surface area contributed by atoms with Crippen molar-refractivity contribution >= 4 is 5.97 Å². The molecule has 2 heterocycles. The summed E-state index contributed by atoms with van der Waals surface area (Å²) < 4.78 is 15.5. The van der Waals surface area contributed by atoms with E-state index in [1.807, 2.05) is 0 Å². The summed E-state index contributed by atoms with van der Waals surface area (Å²) in [5, 5.41) is 8.93. The van der Waals surface area contributed by atoms with E-state index < -0.39 is 5.97 Å². The maximum atomic E-state index is 10.9. The smallest absolute Gasteiger partial charge is 0.371 e. The molecule has 0 aromatic heterocycles. The van der Waals surface area contributed by atoms with Crippen LogP contribution in [0.3, 0.4) is 0 Å². The van der Waals surface area contributed by atoms with Crippen LogP contribution in [0.25, 0.3) is 0 Å². The molecule has 1 N–H and O–H groups in total. The minimum absolute atomic E-state index is 0.0175. The van der Waals surface area contributed by atoms with Crippen molar-refractivity contribution in [2.75, 3.05) is 20.0 Å². The van der Waals surface area contributed by atoms with Crippen molar-refractivity contribution < 1.29 is 24.1 Å². The molecule has 2 aliphatic rings. The predicted octanol–water partition coefficient (Wildman–Crippen LogP) is 0.899. The van der Waals surface area contributed by atoms with Gasteiger partial charge >= 0.3 is 5.97 Å². The van der Waals surface area contributed by atoms with Crippen LogP contribution in [0, 0.1) is 0 Å². The first-order valence-corrected chi connectivity index (χ1v) is 5.05. The maximum Gasteiger partial charge on any atom is 0.371 e. The molecular weight excluding hydrogens is 200 g/mol. The molecule has 5 nitrogen and oxygen atoms in total. The van der Waals surface area contributed by atoms with Crippen molar-refractivity contribution in [1.29, 1.82) is 0 Å². The Morgan fingerprint density at radius 2 is 2.40 bits per heavy atom. The zero-order chi connectivity index (χ0) is 10.7. The summed E-state index contributed by atoms with van der Waals surface area (Å²) in [4.78, 5) is 10.9. The SMILES string of the molecule is O=C(O)C1=C(CC2COCO2)CCCO1. The Morgan fingerprint density at radius 1 is 1.53 bits per heavy atom. The fourth-order valence-electron chi connectivity index (χ4n) is 1.85. The van der Waals surface area contributed by atoms with E-state index in [0.717, 1.165) is 18.4 Å². The first-order chi connectivity index (χ1) is 7.27. The van der Waals surface area contributed by atoms with Gasteiger partial charge in [-0.3, -0.25) is 0 Å². The largest absolute Gasteiger partial charge is 0.487 e. The van der Waals surface area contributed by atoms with E-state index in [0.29, 0.717) is 26.4 Å². The number of aliphatic carboxylic acids is 1. The van der Waals surface area contributed by atoms with Crippen LogP contribution >= 0.6 is 0 Å². The Bertz CT molecular complexity index is 278. The Hall–Kier alpha value is -1.07. The number of rotatable bonds is 3. The zero-order valence-corrected chi connectivity index (χ0v) is 8.40. The molecule has 0 aromatic carbocycles. The van der Waals surface area contributed by atoms with E-state index in [-0.39, 0.29) is 11.9 Å². The molecule has 0 saturated carbocycles. The highest BCUT2D eigenvalue weighted by Gasteiger charge is 2.25. The molecule has 0 aliphatic carbocycles. The lowest BCUT2D eigenvalue weighted by Crippen LogP contribution is -2.19. The zero-order valence-electron chi connectivity index (χ0n) is 8.40. The average Bonchev–Trinajstić information content (AvgIpc) is 2.71. The van der Waals surface area contributed by atoms with Crippen molar-refractivity contribution in [3.05, 3.63) is 11.3 Å². The third-order valence-electron chi connectivity index (χ3n) is 2.55. The molecule has 0 bridgehead atoms. The Kier molecular flexibility index (Phi) is 3.23. The van der Waals surface area contributed by atoms with Crippen LogP contribution in [0.4, 0.5) is 0 Å². The second-order valence-corrected chi connectivity index (χ2v) is 3.67. The Balaban J connectivity index is 2.05. The van der Waals surface area contributed by atoms with E-state index in [2.05, 4.69) is 0 Å². The Labute approximate surface area is 87.6 Å². The Morgan fingerprint density at radius 3 is 3.07 bits per heavy atom. The quantitative estimate of drug-likeness (QED) is 0.756. The lowest BCUT2D eigenvalue weighted by atomic mass is 10.0. The molecule has 1 unspecified atom stereocenters. The fourth-order valence-corrected chi connectivity index (χ4v) is 1.85. The summed E-state index contributed by atoms with van der Waals surface area (Å²) in [7, 11) is 0. The van der Waals surface area contributed by atoms with Crippen LogP contribution in [-0.2, 0) is 19.0 Å². The van der Waals surface area contributed by atoms with Crippen molar-refractivity contribution in [2.45, 2.75) is 25.4 Å². The van der Waals surface area contributed by atoms with E-state index in [1.54, 1.807) is 0 Å². The van der Waals surface area contributed by atoms with Crippen molar-refractivity contribution in [3.63, 3.8) is 0 Å². The minimum Gasteiger partial charge on any atom is -0.487 e. The van der Waals surface area contributed by atoms with Gasteiger partial charge in [-0.15, -0.1) is 0 Å². The third-order valence-corrected chi connectivity index (χ3v) is 2.55. The van der Waals surface area contributed by atoms with Crippen LogP contribution in [0.15, 0.2) is 11.3 Å². The lowest BCUT2D eigenvalue weighted by molar-refractivity contribution is -0.137. The average molecular weight is 214 g/mol. The second kappa shape index (κ2) is 4.63. The predicted molar refractivity (Wildman–Crippen MR) is 50.2 cm³/mol. The van der Waals surface area contributed by atoms with E-state index in [9.17, 15) is 4.79 Å². The normalized spacial score (nSPS) is 26.5. The standard InChI is InChI=1S/C10H14O5/c11-10(12)9-7(2-1-3-14-9)4-8-5-13-6-15-8/h8H,1-6H2,(H,11,12). The van der Waals surface area contributed by atoms with Gasteiger partial charge in [0.1, 0.15) is 6.79 Å². The van der Waals surface area contributed by atoms with Crippen LogP contribution < -0.4 is 0 Å². The second-order valence-electron chi connectivity index (χ2n) is 3.67. The topological polar surface area (TPSA) is 65.0 Å². The van der Waals surface area contributed by atoms with Gasteiger partial charge in [0, 0.05) is 6.42 Å². The number of hydrogen-bond donors (Lipinski definition) is 1. The highest BCUT2D eigenvalue weighted by molar-refractivity contribution is 5.85. The van der Waals surface area contributed by atoms with Gasteiger partial charge in [-0.2, -0.15) is 0 Å². The summed E-state index contributed by atoms with van der Waals surface area (Å²) in [6.45, 7) is 1.34. The van der Waals surface area contributed by atoms with Gasteiger partial charge in [-0.1, -0.05) is 0 Å². The number of hydrogen-bond acceptors (Lipinski definition) is 4. The summed E-state index contributed by atoms with van der Waals surface area (Å²) >= 11 is 0. The molecule has 1 fully saturated rings. The number of carboxylic acids is 1. The van der Waals surface area contributed by atoms with Crippen LogP contribution in [0.5, 0.6) is 0 Å². The molecule has 0 amide bonds. The molecule has 0 aromatic rings. The molecule has 2 aliphatic heterocycles. The molecule has 0 radical (unpaired) electrons. The molecule has 5 heteroatoms. The molecule has 1 atom stereocenters. The fraction of sp³-hybridized carbons (Fsp3) is 0.700. The lowest BCUT2D eigenvalue weighted by Gasteiger charge is -2.20. The first kappa shape index (κ1) is 10.4. The van der Waals surface area contributed by atoms with Gasteiger partial charge in [-0.05, 0) is 18.4 Å². The van der Waals surface area contributed by atoms with E-state index in [1.165, 1.54) is 0 Å². The van der Waals surface area contributed by atoms with Crippen molar-refractivity contribution in [2.24, 2.45) is 0 Å². The van der Waals surface area contributed by atoms with E-state index >= 15 is 0 Å². The van der Waals surface area contributed by atoms with Gasteiger partial charge in [0.15, 0.2) is 0 Å². The number of ether oxygens (including phenoxy) is 3. The number of carbonyl (C=O) groups is 1. The molecular formula is C10H14O5. The summed E-state index contributed by atoms with van der Waals surface area (Å²) in [6, 6.07) is 0. The van der Waals surface area contributed by atoms with E-state index in [4.69, 9.17) is 19.3 Å². The molecule has 84 valence electrons.